The van der Waals surface area contributed by atoms with Crippen molar-refractivity contribution < 1.29 is 0 Å². The molecule has 1 aromatic heterocycles. The average molecular weight is 256 g/mol. The highest BCUT2D eigenvalue weighted by Crippen LogP contribution is 2.13. The molecule has 0 aliphatic rings. The number of amidine groups is 1. The molecule has 0 saturated heterocycles. The van der Waals surface area contributed by atoms with E-state index < -0.39 is 0 Å². The van der Waals surface area contributed by atoms with E-state index in [0.29, 0.717) is 12.5 Å². The van der Waals surface area contributed by atoms with Crippen LogP contribution in [0.25, 0.3) is 0 Å². The van der Waals surface area contributed by atoms with Crippen LogP contribution in [0.5, 0.6) is 0 Å². The fraction of sp³-hybridized carbons (Fsp3) is 0.333. The Morgan fingerprint density at radius 1 is 1.37 bits per heavy atom. The van der Waals surface area contributed by atoms with Crippen molar-refractivity contribution in [2.45, 2.75) is 26.8 Å². The number of nitrogen functional groups attached to an aromatic ring is 1. The normalized spacial score (nSPS) is 10.9. The number of nitrogens with zero attached hydrogens (tertiary/aromatic N) is 2. The number of nitrogens with two attached hydrogens (primary N) is 1. The second-order valence-corrected chi connectivity index (χ2v) is 5.14. The zero-order valence-electron chi connectivity index (χ0n) is 11.4. The number of aromatic nitrogens is 2. The molecular weight excluding hydrogens is 236 g/mol. The van der Waals surface area contributed by atoms with Crippen molar-refractivity contribution in [1.82, 2.24) is 9.55 Å². The number of nitrogens with one attached hydrogen (secondary N) is 1. The van der Waals surface area contributed by atoms with Crippen LogP contribution in [0.1, 0.15) is 30.8 Å². The van der Waals surface area contributed by atoms with Crippen molar-refractivity contribution in [3.63, 3.8) is 0 Å². The molecular formula is C15H20N4. The van der Waals surface area contributed by atoms with E-state index in [-0.39, 0.29) is 5.84 Å². The number of hydrogen-bond acceptors (Lipinski definition) is 2. The molecule has 0 fully saturated rings. The predicted octanol–water partition coefficient (Wildman–Crippen LogP) is 2.41. The van der Waals surface area contributed by atoms with Crippen LogP contribution < -0.4 is 5.73 Å². The van der Waals surface area contributed by atoms with E-state index in [1.54, 1.807) is 0 Å². The summed E-state index contributed by atoms with van der Waals surface area (Å²) in [6, 6.07) is 7.77. The molecule has 2 aromatic rings. The summed E-state index contributed by atoms with van der Waals surface area (Å²) in [6.07, 6.45) is 4.76. The lowest BCUT2D eigenvalue weighted by Crippen LogP contribution is -2.16. The van der Waals surface area contributed by atoms with Gasteiger partial charge >= 0.3 is 0 Å². The summed E-state index contributed by atoms with van der Waals surface area (Å²) in [6.45, 7) is 5.07. The van der Waals surface area contributed by atoms with Gasteiger partial charge in [0.05, 0.1) is 0 Å². The van der Waals surface area contributed by atoms with Crippen LogP contribution in [-0.2, 0) is 13.0 Å². The fourth-order valence-electron chi connectivity index (χ4n) is 2.14. The van der Waals surface area contributed by atoms with E-state index in [2.05, 4.69) is 23.4 Å². The van der Waals surface area contributed by atoms with Crippen molar-refractivity contribution in [2.24, 2.45) is 11.7 Å². The first-order chi connectivity index (χ1) is 9.08. The van der Waals surface area contributed by atoms with Gasteiger partial charge in [0.15, 0.2) is 0 Å². The molecule has 100 valence electrons. The molecule has 0 radical (unpaired) electrons. The summed E-state index contributed by atoms with van der Waals surface area (Å²) in [4.78, 5) is 4.41. The molecule has 0 spiro atoms. The quantitative estimate of drug-likeness (QED) is 0.637. The first-order valence-electron chi connectivity index (χ1n) is 6.50. The van der Waals surface area contributed by atoms with E-state index in [9.17, 15) is 0 Å². The van der Waals surface area contributed by atoms with E-state index in [0.717, 1.165) is 23.4 Å². The maximum atomic E-state index is 7.62. The Morgan fingerprint density at radius 3 is 2.79 bits per heavy atom. The third-order valence-electron chi connectivity index (χ3n) is 3.04. The molecule has 0 aliphatic heterocycles. The van der Waals surface area contributed by atoms with Gasteiger partial charge in [-0.05, 0) is 11.5 Å². The molecule has 3 N–H and O–H groups in total. The van der Waals surface area contributed by atoms with Gasteiger partial charge in [-0.1, -0.05) is 38.1 Å². The molecule has 0 amide bonds. The Morgan fingerprint density at radius 2 is 2.11 bits per heavy atom. The Labute approximate surface area is 113 Å². The van der Waals surface area contributed by atoms with Crippen LogP contribution in [0.2, 0.25) is 0 Å². The van der Waals surface area contributed by atoms with Gasteiger partial charge in [-0.2, -0.15) is 0 Å². The van der Waals surface area contributed by atoms with Gasteiger partial charge in [0.25, 0.3) is 0 Å². The van der Waals surface area contributed by atoms with Crippen molar-refractivity contribution in [3.05, 3.63) is 53.6 Å². The van der Waals surface area contributed by atoms with E-state index in [1.165, 1.54) is 0 Å². The highest BCUT2D eigenvalue weighted by Gasteiger charge is 2.09. The van der Waals surface area contributed by atoms with E-state index >= 15 is 0 Å². The van der Waals surface area contributed by atoms with Gasteiger partial charge in [0, 0.05) is 30.9 Å². The summed E-state index contributed by atoms with van der Waals surface area (Å²) < 4.78 is 2.13. The zero-order valence-corrected chi connectivity index (χ0v) is 11.4. The van der Waals surface area contributed by atoms with Crippen LogP contribution in [0, 0.1) is 11.3 Å². The van der Waals surface area contributed by atoms with Crippen molar-refractivity contribution >= 4 is 5.84 Å². The third kappa shape index (κ3) is 3.22. The maximum Gasteiger partial charge on any atom is 0.123 e. The minimum Gasteiger partial charge on any atom is -0.384 e. The molecule has 0 atom stereocenters. The summed E-state index contributed by atoms with van der Waals surface area (Å²) in [5, 5.41) is 7.62. The van der Waals surface area contributed by atoms with Crippen LogP contribution in [0.4, 0.5) is 0 Å². The van der Waals surface area contributed by atoms with Crippen LogP contribution >= 0.6 is 0 Å². The number of hydrogen-bond donors (Lipinski definition) is 2. The molecule has 4 heteroatoms. The molecule has 1 aromatic carbocycles. The monoisotopic (exact) mass is 256 g/mol. The van der Waals surface area contributed by atoms with Crippen molar-refractivity contribution in [1.29, 1.82) is 5.41 Å². The topological polar surface area (TPSA) is 67.7 Å². The van der Waals surface area contributed by atoms with E-state index in [1.807, 2.05) is 36.7 Å². The van der Waals surface area contributed by atoms with Crippen molar-refractivity contribution in [3.8, 4) is 0 Å². The van der Waals surface area contributed by atoms with Gasteiger partial charge < -0.3 is 10.3 Å². The van der Waals surface area contributed by atoms with Gasteiger partial charge in [0.1, 0.15) is 11.7 Å². The Balaban J connectivity index is 2.27. The molecule has 1 heterocycles. The molecule has 2 rings (SSSR count). The highest BCUT2D eigenvalue weighted by atomic mass is 15.1. The lowest BCUT2D eigenvalue weighted by Gasteiger charge is -2.12. The average Bonchev–Trinajstić information content (AvgIpc) is 2.76. The first kappa shape index (κ1) is 13.3. The zero-order chi connectivity index (χ0) is 13.8. The Kier molecular flexibility index (Phi) is 4.00. The second-order valence-electron chi connectivity index (χ2n) is 5.14. The van der Waals surface area contributed by atoms with Crippen LogP contribution in [0.3, 0.4) is 0 Å². The predicted molar refractivity (Wildman–Crippen MR) is 77.3 cm³/mol. The summed E-state index contributed by atoms with van der Waals surface area (Å²) in [7, 11) is 0. The van der Waals surface area contributed by atoms with E-state index in [4.69, 9.17) is 11.1 Å². The minimum atomic E-state index is 0.112. The maximum absolute atomic E-state index is 7.62. The standard InChI is InChI=1S/C15H20N4/c1-11(2)9-14-18-7-8-19(14)10-12-5-3-4-6-13(12)15(16)17/h3-8,11H,9-10H2,1-2H3,(H3,16,17). The Hall–Kier alpha value is -2.10. The van der Waals surface area contributed by atoms with Gasteiger partial charge in [-0.15, -0.1) is 0 Å². The molecule has 0 bridgehead atoms. The SMILES string of the molecule is CC(C)Cc1nccn1Cc1ccccc1C(=N)N. The molecule has 0 unspecified atom stereocenters. The van der Waals surface area contributed by atoms with Gasteiger partial charge in [0.2, 0.25) is 0 Å². The molecule has 0 aliphatic carbocycles. The van der Waals surface area contributed by atoms with Gasteiger partial charge in [-0.3, -0.25) is 5.41 Å². The summed E-state index contributed by atoms with van der Waals surface area (Å²) in [5.41, 5.74) is 7.47. The first-order valence-corrected chi connectivity index (χ1v) is 6.50. The smallest absolute Gasteiger partial charge is 0.123 e. The number of benzene rings is 1. The van der Waals surface area contributed by atoms with Crippen molar-refractivity contribution in [2.75, 3.05) is 0 Å². The third-order valence-corrected chi connectivity index (χ3v) is 3.04. The molecule has 19 heavy (non-hydrogen) atoms. The molecule has 4 nitrogen and oxygen atoms in total. The second kappa shape index (κ2) is 5.69. The minimum absolute atomic E-state index is 0.112. The summed E-state index contributed by atoms with van der Waals surface area (Å²) >= 11 is 0. The number of imidazole rings is 1. The Bertz CT molecular complexity index is 569. The fourth-order valence-corrected chi connectivity index (χ4v) is 2.14. The molecule has 0 saturated carbocycles. The number of rotatable bonds is 5. The highest BCUT2D eigenvalue weighted by molar-refractivity contribution is 5.96. The van der Waals surface area contributed by atoms with Gasteiger partial charge in [-0.25, -0.2) is 4.98 Å². The summed E-state index contributed by atoms with van der Waals surface area (Å²) in [5.74, 6) is 1.76. The lowest BCUT2D eigenvalue weighted by atomic mass is 10.1. The van der Waals surface area contributed by atoms with Crippen LogP contribution in [0.15, 0.2) is 36.7 Å². The largest absolute Gasteiger partial charge is 0.384 e. The van der Waals surface area contributed by atoms with Crippen LogP contribution in [-0.4, -0.2) is 15.4 Å². The lowest BCUT2D eigenvalue weighted by molar-refractivity contribution is 0.590.